The lowest BCUT2D eigenvalue weighted by Gasteiger charge is -2.47. The predicted octanol–water partition coefficient (Wildman–Crippen LogP) is 4.38. The van der Waals surface area contributed by atoms with Gasteiger partial charge in [-0.15, -0.1) is 0 Å². The van der Waals surface area contributed by atoms with Gasteiger partial charge in [-0.3, -0.25) is 9.59 Å². The van der Waals surface area contributed by atoms with Crippen LogP contribution in [0.5, 0.6) is 0 Å². The van der Waals surface area contributed by atoms with E-state index >= 15 is 0 Å². The van der Waals surface area contributed by atoms with E-state index in [1.165, 1.54) is 0 Å². The van der Waals surface area contributed by atoms with Crippen molar-refractivity contribution in [2.45, 2.75) is 32.4 Å². The molecule has 140 valence electrons. The van der Waals surface area contributed by atoms with E-state index in [2.05, 4.69) is 17.1 Å². The summed E-state index contributed by atoms with van der Waals surface area (Å²) in [5.74, 6) is -0.126. The molecule has 0 aliphatic carbocycles. The summed E-state index contributed by atoms with van der Waals surface area (Å²) in [6.45, 7) is 3.69. The molecule has 1 saturated heterocycles. The van der Waals surface area contributed by atoms with Crippen LogP contribution in [0.3, 0.4) is 0 Å². The first-order valence-electron chi connectivity index (χ1n) is 9.37. The molecule has 2 aromatic rings. The standard InChI is InChI=1S/C21H22ClN3O2/c1-2-24-18-13-14(20(26)23-16-9-7-15(22)8-10-16)6-11-17(18)21(27)25-12-4-3-5-19(24)25/h6-11,13,19H,2-5,12H2,1H3,(H,23,26)/t19-/m1/s1. The van der Waals surface area contributed by atoms with Crippen LogP contribution in [0.4, 0.5) is 11.4 Å². The fourth-order valence-electron chi connectivity index (χ4n) is 4.00. The van der Waals surface area contributed by atoms with E-state index in [9.17, 15) is 9.59 Å². The SMILES string of the molecule is CCN1c2cc(C(=O)Nc3ccc(Cl)cc3)ccc2C(=O)N2CCCC[C@@H]21. The fourth-order valence-corrected chi connectivity index (χ4v) is 4.13. The zero-order chi connectivity index (χ0) is 19.0. The second-order valence-electron chi connectivity index (χ2n) is 6.95. The quantitative estimate of drug-likeness (QED) is 0.855. The molecule has 1 fully saturated rings. The molecule has 0 saturated carbocycles. The molecule has 2 aromatic carbocycles. The van der Waals surface area contributed by atoms with Crippen LogP contribution in [-0.2, 0) is 0 Å². The van der Waals surface area contributed by atoms with Crippen molar-refractivity contribution in [1.29, 1.82) is 0 Å². The topological polar surface area (TPSA) is 52.7 Å². The van der Waals surface area contributed by atoms with Crippen molar-refractivity contribution in [2.24, 2.45) is 0 Å². The first kappa shape index (κ1) is 17.9. The maximum atomic E-state index is 12.9. The third-order valence-electron chi connectivity index (χ3n) is 5.33. The number of hydrogen-bond acceptors (Lipinski definition) is 3. The van der Waals surface area contributed by atoms with Crippen LogP contribution in [0.1, 0.15) is 46.9 Å². The Morgan fingerprint density at radius 2 is 1.96 bits per heavy atom. The molecular formula is C21H22ClN3O2. The van der Waals surface area contributed by atoms with Crippen molar-refractivity contribution in [3.05, 3.63) is 58.6 Å². The number of rotatable bonds is 3. The van der Waals surface area contributed by atoms with Crippen molar-refractivity contribution in [3.63, 3.8) is 0 Å². The highest BCUT2D eigenvalue weighted by atomic mass is 35.5. The monoisotopic (exact) mass is 383 g/mol. The lowest BCUT2D eigenvalue weighted by Crippen LogP contribution is -2.57. The molecule has 4 rings (SSSR count). The average Bonchev–Trinajstić information content (AvgIpc) is 2.70. The average molecular weight is 384 g/mol. The molecule has 0 unspecified atom stereocenters. The highest BCUT2D eigenvalue weighted by Gasteiger charge is 2.38. The Bertz CT molecular complexity index is 881. The van der Waals surface area contributed by atoms with E-state index in [1.807, 2.05) is 11.0 Å². The Morgan fingerprint density at radius 1 is 1.19 bits per heavy atom. The molecule has 27 heavy (non-hydrogen) atoms. The first-order valence-corrected chi connectivity index (χ1v) is 9.75. The Labute approximate surface area is 163 Å². The van der Waals surface area contributed by atoms with E-state index in [-0.39, 0.29) is 18.0 Å². The van der Waals surface area contributed by atoms with Crippen molar-refractivity contribution in [1.82, 2.24) is 4.90 Å². The second-order valence-corrected chi connectivity index (χ2v) is 7.39. The number of nitrogens with zero attached hydrogens (tertiary/aromatic N) is 2. The van der Waals surface area contributed by atoms with Crippen molar-refractivity contribution in [3.8, 4) is 0 Å². The molecule has 2 amide bonds. The Balaban J connectivity index is 1.65. The minimum atomic E-state index is -0.199. The summed E-state index contributed by atoms with van der Waals surface area (Å²) in [6, 6.07) is 12.3. The van der Waals surface area contributed by atoms with Crippen LogP contribution >= 0.6 is 11.6 Å². The summed E-state index contributed by atoms with van der Waals surface area (Å²) in [5.41, 5.74) is 2.76. The van der Waals surface area contributed by atoms with E-state index in [0.29, 0.717) is 21.8 Å². The molecule has 0 aromatic heterocycles. The van der Waals surface area contributed by atoms with Crippen molar-refractivity contribution in [2.75, 3.05) is 23.3 Å². The molecule has 2 aliphatic rings. The minimum absolute atomic E-state index is 0.0732. The van der Waals surface area contributed by atoms with Gasteiger partial charge >= 0.3 is 0 Å². The Hall–Kier alpha value is -2.53. The van der Waals surface area contributed by atoms with Gasteiger partial charge in [-0.2, -0.15) is 0 Å². The lowest BCUT2D eigenvalue weighted by atomic mass is 9.97. The van der Waals surface area contributed by atoms with Crippen LogP contribution < -0.4 is 10.2 Å². The van der Waals surface area contributed by atoms with Crippen molar-refractivity contribution >= 4 is 34.8 Å². The molecule has 0 radical (unpaired) electrons. The maximum absolute atomic E-state index is 12.9. The summed E-state index contributed by atoms with van der Waals surface area (Å²) in [4.78, 5) is 29.8. The number of piperidine rings is 1. The molecule has 2 aliphatic heterocycles. The van der Waals surface area contributed by atoms with Gasteiger partial charge in [0.2, 0.25) is 0 Å². The molecular weight excluding hydrogens is 362 g/mol. The van der Waals surface area contributed by atoms with Crippen molar-refractivity contribution < 1.29 is 9.59 Å². The Morgan fingerprint density at radius 3 is 2.70 bits per heavy atom. The largest absolute Gasteiger partial charge is 0.351 e. The zero-order valence-corrected chi connectivity index (χ0v) is 16.0. The number of carbonyl (C=O) groups excluding carboxylic acids is 2. The van der Waals surface area contributed by atoms with Gasteiger partial charge < -0.3 is 15.1 Å². The predicted molar refractivity (Wildman–Crippen MR) is 108 cm³/mol. The molecule has 1 atom stereocenters. The third kappa shape index (κ3) is 3.28. The van der Waals surface area contributed by atoms with E-state index in [1.54, 1.807) is 36.4 Å². The number of anilines is 2. The van der Waals surface area contributed by atoms with Gasteiger partial charge in [0.1, 0.15) is 6.17 Å². The molecule has 6 heteroatoms. The van der Waals surface area contributed by atoms with Gasteiger partial charge in [-0.25, -0.2) is 0 Å². The van der Waals surface area contributed by atoms with Gasteiger partial charge in [-0.1, -0.05) is 11.6 Å². The van der Waals surface area contributed by atoms with Crippen LogP contribution in [0, 0.1) is 0 Å². The van der Waals surface area contributed by atoms with Gasteiger partial charge in [-0.05, 0) is 68.7 Å². The first-order chi connectivity index (χ1) is 13.1. The summed E-state index contributed by atoms with van der Waals surface area (Å²) < 4.78 is 0. The number of hydrogen-bond donors (Lipinski definition) is 1. The van der Waals surface area contributed by atoms with Crippen LogP contribution in [0.2, 0.25) is 5.02 Å². The summed E-state index contributed by atoms with van der Waals surface area (Å²) in [5, 5.41) is 3.50. The van der Waals surface area contributed by atoms with E-state index in [0.717, 1.165) is 38.0 Å². The maximum Gasteiger partial charge on any atom is 0.257 e. The van der Waals surface area contributed by atoms with Crippen LogP contribution in [0.15, 0.2) is 42.5 Å². The summed E-state index contributed by atoms with van der Waals surface area (Å²) in [7, 11) is 0. The molecule has 0 bridgehead atoms. The minimum Gasteiger partial charge on any atom is -0.351 e. The number of amides is 2. The number of carbonyl (C=O) groups is 2. The van der Waals surface area contributed by atoms with Gasteiger partial charge in [0, 0.05) is 29.4 Å². The zero-order valence-electron chi connectivity index (χ0n) is 15.2. The summed E-state index contributed by atoms with van der Waals surface area (Å²) >= 11 is 5.89. The Kier molecular flexibility index (Phi) is 4.79. The van der Waals surface area contributed by atoms with Gasteiger partial charge in [0.25, 0.3) is 11.8 Å². The molecule has 0 spiro atoms. The summed E-state index contributed by atoms with van der Waals surface area (Å²) in [6.07, 6.45) is 3.24. The second kappa shape index (κ2) is 7.24. The van der Waals surface area contributed by atoms with E-state index in [4.69, 9.17) is 11.6 Å². The van der Waals surface area contributed by atoms with E-state index < -0.39 is 0 Å². The normalized spacial score (nSPS) is 18.7. The smallest absolute Gasteiger partial charge is 0.257 e. The molecule has 2 heterocycles. The van der Waals surface area contributed by atoms with Gasteiger partial charge in [0.15, 0.2) is 0 Å². The molecule has 1 N–H and O–H groups in total. The van der Waals surface area contributed by atoms with Crippen LogP contribution in [-0.4, -0.2) is 36.0 Å². The lowest BCUT2D eigenvalue weighted by molar-refractivity contribution is 0.0582. The third-order valence-corrected chi connectivity index (χ3v) is 5.59. The highest BCUT2D eigenvalue weighted by molar-refractivity contribution is 6.30. The van der Waals surface area contributed by atoms with Crippen LogP contribution in [0.25, 0.3) is 0 Å². The molecule has 5 nitrogen and oxygen atoms in total. The number of benzene rings is 2. The number of halogens is 1. The number of fused-ring (bicyclic) bond motifs is 2. The number of nitrogens with one attached hydrogen (secondary N) is 1. The van der Waals surface area contributed by atoms with Gasteiger partial charge in [0.05, 0.1) is 11.3 Å². The fraction of sp³-hybridized carbons (Fsp3) is 0.333. The highest BCUT2D eigenvalue weighted by Crippen LogP contribution is 2.35.